The summed E-state index contributed by atoms with van der Waals surface area (Å²) >= 11 is 3.46. The van der Waals surface area contributed by atoms with Gasteiger partial charge in [-0.2, -0.15) is 0 Å². The number of esters is 1. The summed E-state index contributed by atoms with van der Waals surface area (Å²) < 4.78 is 17.0. The van der Waals surface area contributed by atoms with Crippen molar-refractivity contribution in [3.63, 3.8) is 0 Å². The highest BCUT2D eigenvalue weighted by Gasteiger charge is 2.34. The molecule has 1 aromatic heterocycles. The zero-order chi connectivity index (χ0) is 25.9. The van der Waals surface area contributed by atoms with Gasteiger partial charge in [0, 0.05) is 10.0 Å². The minimum absolute atomic E-state index is 0.0116. The summed E-state index contributed by atoms with van der Waals surface area (Å²) in [5.74, 6) is -0.359. The van der Waals surface area contributed by atoms with Gasteiger partial charge in [0.2, 0.25) is 5.76 Å². The fourth-order valence-corrected chi connectivity index (χ4v) is 4.42. The minimum Gasteiger partial charge on any atom is -0.488 e. The van der Waals surface area contributed by atoms with Gasteiger partial charge in [-0.1, -0.05) is 58.4 Å². The Morgan fingerprint density at radius 3 is 2.70 bits per heavy atom. The lowest BCUT2D eigenvalue weighted by Gasteiger charge is -2.12. The van der Waals surface area contributed by atoms with Gasteiger partial charge in [0.25, 0.3) is 5.91 Å². The van der Waals surface area contributed by atoms with E-state index < -0.39 is 17.9 Å². The Morgan fingerprint density at radius 2 is 1.86 bits per heavy atom. The van der Waals surface area contributed by atoms with Crippen LogP contribution in [0.3, 0.4) is 0 Å². The molecule has 0 spiro atoms. The fraction of sp³-hybridized carbons (Fsp3) is 0.107. The third-order valence-corrected chi connectivity index (χ3v) is 6.35. The number of nitrogens with zero attached hydrogens (tertiary/aromatic N) is 1. The van der Waals surface area contributed by atoms with E-state index in [1.165, 1.54) is 19.2 Å². The molecule has 0 atom stereocenters. The van der Waals surface area contributed by atoms with E-state index in [1.54, 1.807) is 12.1 Å². The molecule has 9 heteroatoms. The molecular formula is C28H21BrN2O6. The molecule has 1 aliphatic rings. The molecule has 0 radical (unpaired) electrons. The van der Waals surface area contributed by atoms with Gasteiger partial charge in [-0.15, -0.1) is 0 Å². The summed E-state index contributed by atoms with van der Waals surface area (Å²) in [6.07, 6.45) is 1.57. The van der Waals surface area contributed by atoms with Gasteiger partial charge < -0.3 is 19.2 Å². The number of carbonyl (C=O) groups excluding carboxylic acids is 3. The number of imide groups is 1. The third kappa shape index (κ3) is 5.12. The summed E-state index contributed by atoms with van der Waals surface area (Å²) in [6, 6.07) is 21.9. The van der Waals surface area contributed by atoms with Gasteiger partial charge in [-0.05, 0) is 52.7 Å². The maximum absolute atomic E-state index is 13.0. The van der Waals surface area contributed by atoms with Gasteiger partial charge in [0.05, 0.1) is 13.7 Å². The molecular weight excluding hydrogens is 540 g/mol. The summed E-state index contributed by atoms with van der Waals surface area (Å²) in [5.41, 5.74) is 1.74. The molecule has 5 rings (SSSR count). The van der Waals surface area contributed by atoms with Crippen molar-refractivity contribution >= 4 is 50.7 Å². The first-order valence-electron chi connectivity index (χ1n) is 11.3. The Kier molecular flexibility index (Phi) is 6.78. The number of methoxy groups -OCH3 is 1. The molecule has 3 aromatic carbocycles. The van der Waals surface area contributed by atoms with Crippen molar-refractivity contribution in [1.82, 2.24) is 10.2 Å². The smallest absolute Gasteiger partial charge is 0.373 e. The summed E-state index contributed by atoms with van der Waals surface area (Å²) in [5, 5.41) is 4.82. The van der Waals surface area contributed by atoms with Crippen LogP contribution in [0.5, 0.6) is 5.75 Å². The van der Waals surface area contributed by atoms with E-state index in [4.69, 9.17) is 9.15 Å². The van der Waals surface area contributed by atoms with Crippen molar-refractivity contribution in [3.8, 4) is 5.75 Å². The molecule has 0 bridgehead atoms. The monoisotopic (exact) mass is 560 g/mol. The number of benzene rings is 3. The Balaban J connectivity index is 1.36. The number of ether oxygens (including phenoxy) is 2. The topological polar surface area (TPSA) is 98.1 Å². The predicted octanol–water partition coefficient (Wildman–Crippen LogP) is 5.65. The van der Waals surface area contributed by atoms with Crippen LogP contribution in [-0.4, -0.2) is 29.9 Å². The molecule has 1 saturated heterocycles. The van der Waals surface area contributed by atoms with Gasteiger partial charge in [0.1, 0.15) is 23.8 Å². The molecule has 37 heavy (non-hydrogen) atoms. The SMILES string of the molecule is COC(=O)c1ccc(CN2C(=O)N/C(=C\c3cc(Br)ccc3OCc3cccc4ccccc34)C2=O)o1. The summed E-state index contributed by atoms with van der Waals surface area (Å²) in [4.78, 5) is 38.2. The second kappa shape index (κ2) is 10.3. The van der Waals surface area contributed by atoms with Crippen molar-refractivity contribution < 1.29 is 28.3 Å². The summed E-state index contributed by atoms with van der Waals surface area (Å²) in [7, 11) is 1.24. The zero-order valence-electron chi connectivity index (χ0n) is 19.7. The van der Waals surface area contributed by atoms with Crippen LogP contribution in [0.4, 0.5) is 4.79 Å². The third-order valence-electron chi connectivity index (χ3n) is 5.86. The molecule has 2 heterocycles. The van der Waals surface area contributed by atoms with Crippen LogP contribution in [0, 0.1) is 0 Å². The zero-order valence-corrected chi connectivity index (χ0v) is 21.3. The number of carbonyl (C=O) groups is 3. The number of rotatable bonds is 7. The molecule has 1 fully saturated rings. The van der Waals surface area contributed by atoms with Gasteiger partial charge in [0.15, 0.2) is 0 Å². The van der Waals surface area contributed by atoms with Crippen molar-refractivity contribution in [2.24, 2.45) is 0 Å². The average molecular weight is 561 g/mol. The van der Waals surface area contributed by atoms with E-state index in [9.17, 15) is 14.4 Å². The number of hydrogen-bond donors (Lipinski definition) is 1. The lowest BCUT2D eigenvalue weighted by atomic mass is 10.1. The van der Waals surface area contributed by atoms with E-state index in [1.807, 2.05) is 54.6 Å². The van der Waals surface area contributed by atoms with Crippen LogP contribution in [-0.2, 0) is 22.7 Å². The van der Waals surface area contributed by atoms with Crippen LogP contribution in [0.2, 0.25) is 0 Å². The first-order chi connectivity index (χ1) is 17.9. The minimum atomic E-state index is -0.644. The lowest BCUT2D eigenvalue weighted by Crippen LogP contribution is -2.30. The normalized spacial score (nSPS) is 14.3. The van der Waals surface area contributed by atoms with Crippen LogP contribution >= 0.6 is 15.9 Å². The van der Waals surface area contributed by atoms with E-state index in [-0.39, 0.29) is 23.8 Å². The molecule has 0 unspecified atom stereocenters. The number of hydrogen-bond acceptors (Lipinski definition) is 6. The Morgan fingerprint density at radius 1 is 1.05 bits per heavy atom. The van der Waals surface area contributed by atoms with Gasteiger partial charge >= 0.3 is 12.0 Å². The molecule has 3 amide bonds. The number of amides is 3. The summed E-state index contributed by atoms with van der Waals surface area (Å²) in [6.45, 7) is 0.189. The number of halogens is 1. The van der Waals surface area contributed by atoms with Crippen molar-refractivity contribution in [3.05, 3.63) is 106 Å². The molecule has 1 N–H and O–H groups in total. The van der Waals surface area contributed by atoms with E-state index in [0.29, 0.717) is 17.9 Å². The molecule has 0 aliphatic carbocycles. The van der Waals surface area contributed by atoms with Gasteiger partial charge in [-0.3, -0.25) is 9.69 Å². The first kappa shape index (κ1) is 24.3. The Hall–Kier alpha value is -4.37. The Bertz CT molecular complexity index is 1550. The number of fused-ring (bicyclic) bond motifs is 1. The predicted molar refractivity (Wildman–Crippen MR) is 140 cm³/mol. The van der Waals surface area contributed by atoms with Crippen LogP contribution < -0.4 is 10.1 Å². The lowest BCUT2D eigenvalue weighted by molar-refractivity contribution is -0.123. The fourth-order valence-electron chi connectivity index (χ4n) is 4.04. The number of urea groups is 1. The standard InChI is InChI=1S/C28H21BrN2O6/c1-35-27(33)25-12-10-21(37-25)15-31-26(32)23(30-28(31)34)14-19-13-20(29)9-11-24(19)36-16-18-7-4-6-17-5-2-3-8-22(17)18/h2-14H,15-16H2,1H3,(H,30,34)/b23-14-. The van der Waals surface area contributed by atoms with Crippen molar-refractivity contribution in [2.75, 3.05) is 7.11 Å². The first-order valence-corrected chi connectivity index (χ1v) is 12.1. The second-order valence-electron chi connectivity index (χ2n) is 8.25. The average Bonchev–Trinajstić information content (AvgIpc) is 3.48. The second-order valence-corrected chi connectivity index (χ2v) is 9.16. The van der Waals surface area contributed by atoms with Crippen LogP contribution in [0.1, 0.15) is 27.4 Å². The highest BCUT2D eigenvalue weighted by atomic mass is 79.9. The molecule has 1 aliphatic heterocycles. The van der Waals surface area contributed by atoms with E-state index in [0.717, 1.165) is 25.7 Å². The molecule has 0 saturated carbocycles. The van der Waals surface area contributed by atoms with Gasteiger partial charge in [-0.25, -0.2) is 9.59 Å². The van der Waals surface area contributed by atoms with Crippen LogP contribution in [0.25, 0.3) is 16.8 Å². The Labute approximate surface area is 220 Å². The molecule has 4 aromatic rings. The van der Waals surface area contributed by atoms with E-state index in [2.05, 4.69) is 26.0 Å². The number of furan rings is 1. The van der Waals surface area contributed by atoms with E-state index >= 15 is 0 Å². The maximum Gasteiger partial charge on any atom is 0.373 e. The highest BCUT2D eigenvalue weighted by molar-refractivity contribution is 9.10. The van der Waals surface area contributed by atoms with Crippen molar-refractivity contribution in [1.29, 1.82) is 0 Å². The highest BCUT2D eigenvalue weighted by Crippen LogP contribution is 2.29. The van der Waals surface area contributed by atoms with Crippen LogP contribution in [0.15, 0.2) is 87.4 Å². The quantitative estimate of drug-likeness (QED) is 0.178. The number of nitrogens with one attached hydrogen (secondary N) is 1. The largest absolute Gasteiger partial charge is 0.488 e. The maximum atomic E-state index is 13.0. The molecule has 8 nitrogen and oxygen atoms in total. The molecule has 186 valence electrons. The van der Waals surface area contributed by atoms with Crippen molar-refractivity contribution in [2.45, 2.75) is 13.2 Å².